The number of benzene rings is 2. The molecule has 0 radical (unpaired) electrons. The summed E-state index contributed by atoms with van der Waals surface area (Å²) < 4.78 is 0. The average Bonchev–Trinajstić information content (AvgIpc) is 2.59. The number of aryl methyl sites for hydroxylation is 1. The lowest BCUT2D eigenvalue weighted by Gasteiger charge is -2.46. The quantitative estimate of drug-likeness (QED) is 0.799. The number of aliphatic hydroxyl groups is 1. The third-order valence-electron chi connectivity index (χ3n) is 6.13. The van der Waals surface area contributed by atoms with Gasteiger partial charge in [0.05, 0.1) is 11.7 Å². The molecule has 142 valence electrons. The van der Waals surface area contributed by atoms with Gasteiger partial charge in [-0.05, 0) is 64.3 Å². The highest BCUT2D eigenvalue weighted by atomic mass is 16.4. The molecule has 3 nitrogen and oxygen atoms in total. The minimum absolute atomic E-state index is 0.125. The summed E-state index contributed by atoms with van der Waals surface area (Å²) in [6.45, 7) is 14.9. The lowest BCUT2D eigenvalue weighted by molar-refractivity contribution is 0.0582. The molecule has 0 fully saturated rings. The third-order valence-corrected chi connectivity index (χ3v) is 6.13. The van der Waals surface area contributed by atoms with Crippen molar-refractivity contribution in [2.75, 3.05) is 0 Å². The maximum absolute atomic E-state index is 11.1. The van der Waals surface area contributed by atoms with E-state index in [0.29, 0.717) is 0 Å². The summed E-state index contributed by atoms with van der Waals surface area (Å²) in [5.41, 5.74) is 6.27. The molecule has 0 bridgehead atoms. The Morgan fingerprint density at radius 3 is 2.15 bits per heavy atom. The average molecular weight is 364 g/mol. The molecule has 2 aromatic rings. The van der Waals surface area contributed by atoms with E-state index in [1.165, 1.54) is 11.1 Å². The maximum atomic E-state index is 11.1. The molecule has 3 rings (SSSR count). The highest BCUT2D eigenvalue weighted by Gasteiger charge is 2.43. The van der Waals surface area contributed by atoms with Crippen molar-refractivity contribution in [3.05, 3.63) is 76.4 Å². The Bertz CT molecular complexity index is 917. The normalized spacial score (nSPS) is 20.0. The Morgan fingerprint density at radius 1 is 1.04 bits per heavy atom. The largest absolute Gasteiger partial charge is 0.478 e. The Balaban J connectivity index is 2.10. The van der Waals surface area contributed by atoms with E-state index in [-0.39, 0.29) is 22.5 Å². The molecular formula is C24H28O3. The molecule has 0 saturated carbocycles. The van der Waals surface area contributed by atoms with E-state index in [9.17, 15) is 9.90 Å². The van der Waals surface area contributed by atoms with Crippen LogP contribution in [0.1, 0.15) is 72.3 Å². The van der Waals surface area contributed by atoms with E-state index in [1.54, 1.807) is 12.1 Å². The van der Waals surface area contributed by atoms with Gasteiger partial charge in [0.15, 0.2) is 0 Å². The lowest BCUT2D eigenvalue weighted by Crippen LogP contribution is -2.45. The van der Waals surface area contributed by atoms with E-state index in [2.05, 4.69) is 53.3 Å². The van der Waals surface area contributed by atoms with Gasteiger partial charge in [-0.3, -0.25) is 0 Å². The van der Waals surface area contributed by atoms with Crippen molar-refractivity contribution in [1.29, 1.82) is 0 Å². The zero-order valence-corrected chi connectivity index (χ0v) is 16.8. The van der Waals surface area contributed by atoms with E-state index in [4.69, 9.17) is 5.11 Å². The zero-order valence-electron chi connectivity index (χ0n) is 16.8. The first-order chi connectivity index (χ1) is 12.4. The molecule has 0 aliphatic heterocycles. The number of aliphatic hydroxyl groups excluding tert-OH is 1. The Morgan fingerprint density at radius 2 is 1.59 bits per heavy atom. The van der Waals surface area contributed by atoms with Crippen LogP contribution < -0.4 is 0 Å². The van der Waals surface area contributed by atoms with Gasteiger partial charge in [-0.2, -0.15) is 0 Å². The molecule has 1 aliphatic carbocycles. The minimum atomic E-state index is -0.931. The molecule has 0 aromatic heterocycles. The standard InChI is InChI=1S/C24H28O3/c1-14-11-20-19(23(3,4)13-21(25)24(20,5)6)12-18(14)15(2)16-7-9-17(10-8-16)22(26)27/h7-12,21,25H,2,13H2,1,3-6H3,(H,26,27)/t21-/m0/s1. The van der Waals surface area contributed by atoms with Crippen molar-refractivity contribution in [2.45, 2.75) is 58.0 Å². The molecule has 0 saturated heterocycles. The number of aromatic carboxylic acids is 1. The molecule has 2 aromatic carbocycles. The zero-order chi connectivity index (χ0) is 20.1. The summed E-state index contributed by atoms with van der Waals surface area (Å²) in [5, 5.41) is 19.8. The van der Waals surface area contributed by atoms with Crippen molar-refractivity contribution in [3.8, 4) is 0 Å². The van der Waals surface area contributed by atoms with Gasteiger partial charge in [-0.15, -0.1) is 0 Å². The first kappa shape index (κ1) is 19.4. The summed E-state index contributed by atoms with van der Waals surface area (Å²) in [4.78, 5) is 11.1. The van der Waals surface area contributed by atoms with Crippen molar-refractivity contribution in [1.82, 2.24) is 0 Å². The highest BCUT2D eigenvalue weighted by Crippen LogP contribution is 2.47. The Hall–Kier alpha value is -2.39. The molecule has 3 heteroatoms. The van der Waals surface area contributed by atoms with Crippen LogP contribution in [-0.4, -0.2) is 22.3 Å². The van der Waals surface area contributed by atoms with Gasteiger partial charge in [0, 0.05) is 5.41 Å². The summed E-state index contributed by atoms with van der Waals surface area (Å²) in [5.74, 6) is -0.931. The summed E-state index contributed by atoms with van der Waals surface area (Å²) >= 11 is 0. The second-order valence-corrected chi connectivity index (χ2v) is 8.90. The smallest absolute Gasteiger partial charge is 0.335 e. The summed E-state index contributed by atoms with van der Waals surface area (Å²) in [6.07, 6.45) is 0.340. The predicted molar refractivity (Wildman–Crippen MR) is 109 cm³/mol. The molecule has 0 unspecified atom stereocenters. The van der Waals surface area contributed by atoms with Gasteiger partial charge in [0.2, 0.25) is 0 Å². The maximum Gasteiger partial charge on any atom is 0.335 e. The van der Waals surface area contributed by atoms with Crippen LogP contribution in [-0.2, 0) is 10.8 Å². The van der Waals surface area contributed by atoms with Crippen LogP contribution in [0.3, 0.4) is 0 Å². The van der Waals surface area contributed by atoms with E-state index in [1.807, 2.05) is 12.1 Å². The van der Waals surface area contributed by atoms with Crippen LogP contribution in [0.25, 0.3) is 5.57 Å². The number of rotatable bonds is 3. The van der Waals surface area contributed by atoms with Crippen LogP contribution in [0.15, 0.2) is 43.0 Å². The summed E-state index contributed by atoms with van der Waals surface area (Å²) in [6, 6.07) is 11.2. The molecular weight excluding hydrogens is 336 g/mol. The fourth-order valence-electron chi connectivity index (χ4n) is 4.12. The number of fused-ring (bicyclic) bond motifs is 1. The van der Waals surface area contributed by atoms with Gasteiger partial charge in [0.1, 0.15) is 0 Å². The Kier molecular flexibility index (Phi) is 4.55. The summed E-state index contributed by atoms with van der Waals surface area (Å²) in [7, 11) is 0. The number of hydrogen-bond donors (Lipinski definition) is 2. The van der Waals surface area contributed by atoms with Crippen LogP contribution >= 0.6 is 0 Å². The molecule has 1 aliphatic rings. The number of hydrogen-bond acceptors (Lipinski definition) is 2. The van der Waals surface area contributed by atoms with Gasteiger partial charge in [-0.1, -0.05) is 58.5 Å². The molecule has 27 heavy (non-hydrogen) atoms. The van der Waals surface area contributed by atoms with Crippen LogP contribution in [0.2, 0.25) is 0 Å². The monoisotopic (exact) mass is 364 g/mol. The topological polar surface area (TPSA) is 57.5 Å². The number of carboxylic acid groups (broad SMARTS) is 1. The number of carboxylic acids is 1. The van der Waals surface area contributed by atoms with Crippen LogP contribution in [0, 0.1) is 6.92 Å². The first-order valence-corrected chi connectivity index (χ1v) is 9.32. The Labute approximate surface area is 161 Å². The second-order valence-electron chi connectivity index (χ2n) is 8.90. The van der Waals surface area contributed by atoms with E-state index in [0.717, 1.165) is 28.7 Å². The molecule has 0 amide bonds. The van der Waals surface area contributed by atoms with Crippen molar-refractivity contribution in [2.24, 2.45) is 0 Å². The SMILES string of the molecule is C=C(c1ccc(C(=O)O)cc1)c1cc2c(cc1C)C(C)(C)[C@@H](O)CC2(C)C. The highest BCUT2D eigenvalue weighted by molar-refractivity contribution is 5.89. The van der Waals surface area contributed by atoms with Gasteiger partial charge in [-0.25, -0.2) is 4.79 Å². The fourth-order valence-corrected chi connectivity index (χ4v) is 4.12. The predicted octanol–water partition coefficient (Wildman–Crippen LogP) is 5.07. The fraction of sp³-hybridized carbons (Fsp3) is 0.375. The van der Waals surface area contributed by atoms with Crippen LogP contribution in [0.5, 0.6) is 0 Å². The van der Waals surface area contributed by atoms with Crippen molar-refractivity contribution >= 4 is 11.5 Å². The van der Waals surface area contributed by atoms with E-state index < -0.39 is 5.97 Å². The van der Waals surface area contributed by atoms with Crippen molar-refractivity contribution in [3.63, 3.8) is 0 Å². The second kappa shape index (κ2) is 6.35. The van der Waals surface area contributed by atoms with E-state index >= 15 is 0 Å². The first-order valence-electron chi connectivity index (χ1n) is 9.32. The lowest BCUT2D eigenvalue weighted by atomic mass is 9.61. The molecule has 2 N–H and O–H groups in total. The third kappa shape index (κ3) is 3.21. The van der Waals surface area contributed by atoms with Gasteiger partial charge >= 0.3 is 5.97 Å². The number of carbonyl (C=O) groups is 1. The molecule has 1 atom stereocenters. The molecule has 0 heterocycles. The van der Waals surface area contributed by atoms with Gasteiger partial charge in [0.25, 0.3) is 0 Å². The van der Waals surface area contributed by atoms with Crippen LogP contribution in [0.4, 0.5) is 0 Å². The van der Waals surface area contributed by atoms with Gasteiger partial charge < -0.3 is 10.2 Å². The minimum Gasteiger partial charge on any atom is -0.478 e. The molecule has 0 spiro atoms. The van der Waals surface area contributed by atoms with Crippen molar-refractivity contribution < 1.29 is 15.0 Å².